The summed E-state index contributed by atoms with van der Waals surface area (Å²) in [5.41, 5.74) is 1.46. The minimum atomic E-state index is 0.137. The van der Waals surface area contributed by atoms with Gasteiger partial charge in [-0.05, 0) is 43.5 Å². The molecule has 0 amide bonds. The third kappa shape index (κ3) is 4.22. The van der Waals surface area contributed by atoms with Crippen molar-refractivity contribution in [2.45, 2.75) is 38.5 Å². The molecule has 3 heteroatoms. The van der Waals surface area contributed by atoms with Crippen LogP contribution in [0.15, 0.2) is 24.3 Å². The molecule has 1 aromatic carbocycles. The minimum absolute atomic E-state index is 0.137. The average molecular weight is 277 g/mol. The Labute approximate surface area is 122 Å². The Morgan fingerprint density at radius 3 is 2.45 bits per heavy atom. The average Bonchev–Trinajstić information content (AvgIpc) is 2.53. The third-order valence-corrected chi connectivity index (χ3v) is 4.50. The van der Waals surface area contributed by atoms with Gasteiger partial charge in [-0.25, -0.2) is 0 Å². The van der Waals surface area contributed by atoms with Gasteiger partial charge in [-0.2, -0.15) is 0 Å². The molecule has 1 saturated carbocycles. The van der Waals surface area contributed by atoms with E-state index in [1.807, 2.05) is 12.1 Å². The summed E-state index contributed by atoms with van der Waals surface area (Å²) < 4.78 is 5.16. The van der Waals surface area contributed by atoms with Gasteiger partial charge in [-0.3, -0.25) is 0 Å². The lowest BCUT2D eigenvalue weighted by Gasteiger charge is -2.35. The van der Waals surface area contributed by atoms with Gasteiger partial charge in [-0.1, -0.05) is 31.4 Å². The zero-order chi connectivity index (χ0) is 14.3. The first-order chi connectivity index (χ1) is 9.78. The lowest BCUT2D eigenvalue weighted by Crippen LogP contribution is -2.39. The van der Waals surface area contributed by atoms with E-state index >= 15 is 0 Å². The van der Waals surface area contributed by atoms with Crippen LogP contribution in [0, 0.1) is 5.41 Å². The van der Waals surface area contributed by atoms with Crippen LogP contribution in [0.3, 0.4) is 0 Å². The first-order valence-corrected chi connectivity index (χ1v) is 7.72. The monoisotopic (exact) mass is 277 g/mol. The smallest absolute Gasteiger partial charge is 0.118 e. The minimum Gasteiger partial charge on any atom is -0.497 e. The second kappa shape index (κ2) is 7.65. The molecule has 112 valence electrons. The van der Waals surface area contributed by atoms with Crippen LogP contribution >= 0.6 is 0 Å². The molecular weight excluding hydrogens is 250 g/mol. The van der Waals surface area contributed by atoms with Crippen LogP contribution in [-0.4, -0.2) is 31.9 Å². The first kappa shape index (κ1) is 15.3. The maximum atomic E-state index is 9.66. The molecule has 20 heavy (non-hydrogen) atoms. The molecule has 0 spiro atoms. The van der Waals surface area contributed by atoms with Crippen molar-refractivity contribution in [2.75, 3.05) is 26.8 Å². The topological polar surface area (TPSA) is 41.5 Å². The van der Waals surface area contributed by atoms with Crippen LogP contribution in [0.4, 0.5) is 0 Å². The van der Waals surface area contributed by atoms with Crippen LogP contribution in [0.5, 0.6) is 5.75 Å². The molecule has 2 rings (SSSR count). The molecule has 0 unspecified atom stereocenters. The standard InChI is InChI=1S/C17H27NO2/c1-20-16-7-5-15(6-8-16)9-12-18-13-17(14-19)10-3-2-4-11-17/h5-8,18-19H,2-4,9-14H2,1H3. The van der Waals surface area contributed by atoms with E-state index < -0.39 is 0 Å². The first-order valence-electron chi connectivity index (χ1n) is 7.72. The number of aliphatic hydroxyl groups excluding tert-OH is 1. The van der Waals surface area contributed by atoms with Crippen molar-refractivity contribution in [3.05, 3.63) is 29.8 Å². The van der Waals surface area contributed by atoms with E-state index in [-0.39, 0.29) is 5.41 Å². The summed E-state index contributed by atoms with van der Waals surface area (Å²) >= 11 is 0. The zero-order valence-corrected chi connectivity index (χ0v) is 12.5. The largest absolute Gasteiger partial charge is 0.497 e. The molecule has 0 aliphatic heterocycles. The van der Waals surface area contributed by atoms with Gasteiger partial charge in [-0.15, -0.1) is 0 Å². The Bertz CT molecular complexity index is 382. The molecule has 0 saturated heterocycles. The predicted octanol–water partition coefficient (Wildman–Crippen LogP) is 2.77. The highest BCUT2D eigenvalue weighted by molar-refractivity contribution is 5.27. The molecule has 1 aliphatic carbocycles. The van der Waals surface area contributed by atoms with Crippen LogP contribution in [-0.2, 0) is 6.42 Å². The van der Waals surface area contributed by atoms with Crippen molar-refractivity contribution in [2.24, 2.45) is 5.41 Å². The molecular formula is C17H27NO2. The van der Waals surface area contributed by atoms with E-state index in [9.17, 15) is 5.11 Å². The summed E-state index contributed by atoms with van der Waals surface area (Å²) in [5.74, 6) is 0.906. The summed E-state index contributed by atoms with van der Waals surface area (Å²) in [6.45, 7) is 2.23. The maximum absolute atomic E-state index is 9.66. The number of methoxy groups -OCH3 is 1. The van der Waals surface area contributed by atoms with Crippen molar-refractivity contribution in [3.63, 3.8) is 0 Å². The summed E-state index contributed by atoms with van der Waals surface area (Å²) in [6.07, 6.45) is 7.21. The molecule has 2 N–H and O–H groups in total. The normalized spacial score (nSPS) is 17.9. The molecule has 0 radical (unpaired) electrons. The van der Waals surface area contributed by atoms with Gasteiger partial charge < -0.3 is 15.2 Å². The molecule has 1 aromatic rings. The fourth-order valence-corrected chi connectivity index (χ4v) is 3.07. The second-order valence-corrected chi connectivity index (χ2v) is 5.99. The van der Waals surface area contributed by atoms with Crippen molar-refractivity contribution in [3.8, 4) is 5.75 Å². The van der Waals surface area contributed by atoms with Crippen LogP contribution in [0.25, 0.3) is 0 Å². The Kier molecular flexibility index (Phi) is 5.86. The molecule has 0 aromatic heterocycles. The van der Waals surface area contributed by atoms with Gasteiger partial charge in [0.25, 0.3) is 0 Å². The van der Waals surface area contributed by atoms with E-state index in [1.54, 1.807) is 7.11 Å². The van der Waals surface area contributed by atoms with Gasteiger partial charge in [0.05, 0.1) is 7.11 Å². The van der Waals surface area contributed by atoms with Gasteiger partial charge in [0.2, 0.25) is 0 Å². The number of ether oxygens (including phenoxy) is 1. The number of benzene rings is 1. The number of rotatable bonds is 7. The Morgan fingerprint density at radius 1 is 1.15 bits per heavy atom. The van der Waals surface area contributed by atoms with E-state index in [1.165, 1.54) is 37.7 Å². The van der Waals surface area contributed by atoms with Crippen molar-refractivity contribution >= 4 is 0 Å². The van der Waals surface area contributed by atoms with Gasteiger partial charge in [0, 0.05) is 18.6 Å². The summed E-state index contributed by atoms with van der Waals surface area (Å²) in [4.78, 5) is 0. The second-order valence-electron chi connectivity index (χ2n) is 5.99. The molecule has 1 fully saturated rings. The Balaban J connectivity index is 1.72. The zero-order valence-electron chi connectivity index (χ0n) is 12.5. The predicted molar refractivity (Wildman–Crippen MR) is 82.2 cm³/mol. The quantitative estimate of drug-likeness (QED) is 0.753. The van der Waals surface area contributed by atoms with E-state index in [2.05, 4.69) is 17.4 Å². The molecule has 3 nitrogen and oxygen atoms in total. The molecule has 0 atom stereocenters. The Morgan fingerprint density at radius 2 is 1.85 bits per heavy atom. The van der Waals surface area contributed by atoms with Crippen LogP contribution < -0.4 is 10.1 Å². The fourth-order valence-electron chi connectivity index (χ4n) is 3.07. The number of hydrogen-bond acceptors (Lipinski definition) is 3. The van der Waals surface area contributed by atoms with Gasteiger partial charge in [0.1, 0.15) is 5.75 Å². The highest BCUT2D eigenvalue weighted by atomic mass is 16.5. The van der Waals surface area contributed by atoms with Crippen molar-refractivity contribution in [1.82, 2.24) is 5.32 Å². The lowest BCUT2D eigenvalue weighted by molar-refractivity contribution is 0.0816. The van der Waals surface area contributed by atoms with Crippen LogP contribution in [0.1, 0.15) is 37.7 Å². The van der Waals surface area contributed by atoms with Crippen molar-refractivity contribution in [1.29, 1.82) is 0 Å². The van der Waals surface area contributed by atoms with E-state index in [0.29, 0.717) is 6.61 Å². The molecule has 0 bridgehead atoms. The highest BCUT2D eigenvalue weighted by Crippen LogP contribution is 2.35. The van der Waals surface area contributed by atoms with Crippen molar-refractivity contribution < 1.29 is 9.84 Å². The van der Waals surface area contributed by atoms with Gasteiger partial charge in [0.15, 0.2) is 0 Å². The number of hydrogen-bond donors (Lipinski definition) is 2. The third-order valence-electron chi connectivity index (χ3n) is 4.50. The Hall–Kier alpha value is -1.06. The SMILES string of the molecule is COc1ccc(CCNCC2(CO)CCCCC2)cc1. The summed E-state index contributed by atoms with van der Waals surface area (Å²) in [5, 5.41) is 13.2. The fraction of sp³-hybridized carbons (Fsp3) is 0.647. The van der Waals surface area contributed by atoms with E-state index in [4.69, 9.17) is 4.74 Å². The number of aliphatic hydroxyl groups is 1. The van der Waals surface area contributed by atoms with E-state index in [0.717, 1.165) is 25.3 Å². The maximum Gasteiger partial charge on any atom is 0.118 e. The lowest BCUT2D eigenvalue weighted by atomic mass is 9.74. The molecule has 0 heterocycles. The van der Waals surface area contributed by atoms with Crippen LogP contribution in [0.2, 0.25) is 0 Å². The highest BCUT2D eigenvalue weighted by Gasteiger charge is 2.30. The summed E-state index contributed by atoms with van der Waals surface area (Å²) in [6, 6.07) is 8.24. The van der Waals surface area contributed by atoms with Gasteiger partial charge >= 0.3 is 0 Å². The summed E-state index contributed by atoms with van der Waals surface area (Å²) in [7, 11) is 1.69. The molecule has 1 aliphatic rings. The number of nitrogens with one attached hydrogen (secondary N) is 1.